The lowest BCUT2D eigenvalue weighted by Crippen LogP contribution is -2.28. The van der Waals surface area contributed by atoms with Gasteiger partial charge in [-0.2, -0.15) is 18.3 Å². The molecule has 0 fully saturated rings. The molecule has 0 spiro atoms. The zero-order chi connectivity index (χ0) is 19.1. The van der Waals surface area contributed by atoms with E-state index in [1.54, 1.807) is 0 Å². The molecule has 0 atom stereocenters. The first-order valence-electron chi connectivity index (χ1n) is 6.71. The molecule has 0 bridgehead atoms. The second kappa shape index (κ2) is 8.84. The van der Waals surface area contributed by atoms with Crippen LogP contribution in [0.15, 0.2) is 29.4 Å². The smallest absolute Gasteiger partial charge is 0.416 e. The molecule has 0 unspecified atom stereocenters. The van der Waals surface area contributed by atoms with E-state index in [0.717, 1.165) is 26.4 Å². The summed E-state index contributed by atoms with van der Waals surface area (Å²) < 4.78 is 64.9. The average molecular weight is 383 g/mol. The Balaban J connectivity index is 2.90. The standard InChI is InChI=1S/C13H17F3N3O5P/c1-22-25(21,23-2)8-10(18-19-12(17)20)7-24-11-5-3-4-9(6-11)13(14,15)16/h3-6H,7-8H2,1-2H3,(H3,17,19,20)/b18-10+. The van der Waals surface area contributed by atoms with Gasteiger partial charge in [-0.25, -0.2) is 10.2 Å². The van der Waals surface area contributed by atoms with Crippen molar-refractivity contribution in [3.05, 3.63) is 29.8 Å². The number of alkyl halides is 3. The van der Waals surface area contributed by atoms with E-state index in [1.165, 1.54) is 12.1 Å². The van der Waals surface area contributed by atoms with Crippen molar-refractivity contribution >= 4 is 19.3 Å². The molecule has 3 N–H and O–H groups in total. The topological polar surface area (TPSA) is 112 Å². The largest absolute Gasteiger partial charge is 0.488 e. The number of rotatable bonds is 8. The number of nitrogens with one attached hydrogen (secondary N) is 1. The number of nitrogens with zero attached hydrogens (tertiary/aromatic N) is 1. The number of halogens is 3. The maximum atomic E-state index is 12.7. The van der Waals surface area contributed by atoms with Gasteiger partial charge in [-0.1, -0.05) is 6.07 Å². The van der Waals surface area contributed by atoms with Crippen molar-refractivity contribution in [2.24, 2.45) is 10.8 Å². The van der Waals surface area contributed by atoms with E-state index in [4.69, 9.17) is 19.5 Å². The fraction of sp³-hybridized carbons (Fsp3) is 0.385. The van der Waals surface area contributed by atoms with Crippen LogP contribution in [0.2, 0.25) is 0 Å². The van der Waals surface area contributed by atoms with Gasteiger partial charge in [0.1, 0.15) is 12.4 Å². The van der Waals surface area contributed by atoms with E-state index in [2.05, 4.69) is 5.10 Å². The Morgan fingerprint density at radius 1 is 1.32 bits per heavy atom. The molecule has 1 aromatic rings. The highest BCUT2D eigenvalue weighted by Crippen LogP contribution is 2.46. The third-order valence-corrected chi connectivity index (χ3v) is 4.69. The number of hydrazone groups is 1. The summed E-state index contributed by atoms with van der Waals surface area (Å²) in [4.78, 5) is 10.7. The summed E-state index contributed by atoms with van der Waals surface area (Å²) in [5.74, 6) is -0.0914. The van der Waals surface area contributed by atoms with Gasteiger partial charge in [-0.05, 0) is 18.2 Å². The average Bonchev–Trinajstić information content (AvgIpc) is 2.56. The number of ether oxygens (including phenoxy) is 1. The lowest BCUT2D eigenvalue weighted by molar-refractivity contribution is -0.137. The van der Waals surface area contributed by atoms with Gasteiger partial charge in [0.2, 0.25) is 0 Å². The van der Waals surface area contributed by atoms with E-state index >= 15 is 0 Å². The van der Waals surface area contributed by atoms with E-state index in [1.807, 2.05) is 5.43 Å². The summed E-state index contributed by atoms with van der Waals surface area (Å²) in [5.41, 5.74) is 5.91. The number of primary amides is 1. The molecule has 140 valence electrons. The summed E-state index contributed by atoms with van der Waals surface area (Å²) in [7, 11) is -1.24. The van der Waals surface area contributed by atoms with Crippen LogP contribution in [0, 0.1) is 0 Å². The van der Waals surface area contributed by atoms with Crippen molar-refractivity contribution in [1.29, 1.82) is 0 Å². The number of benzene rings is 1. The predicted octanol–water partition coefficient (Wildman–Crippen LogP) is 2.59. The highest BCUT2D eigenvalue weighted by Gasteiger charge is 2.30. The second-order valence-electron chi connectivity index (χ2n) is 4.60. The molecule has 0 aliphatic carbocycles. The molecule has 0 aliphatic heterocycles. The minimum absolute atomic E-state index is 0.0109. The highest BCUT2D eigenvalue weighted by atomic mass is 31.2. The first-order valence-corrected chi connectivity index (χ1v) is 8.44. The molecule has 1 aromatic carbocycles. The van der Waals surface area contributed by atoms with E-state index < -0.39 is 25.4 Å². The molecule has 12 heteroatoms. The summed E-state index contributed by atoms with van der Waals surface area (Å²) in [6.07, 6.45) is -4.88. The van der Waals surface area contributed by atoms with E-state index in [0.29, 0.717) is 0 Å². The van der Waals surface area contributed by atoms with Gasteiger partial charge in [0.15, 0.2) is 0 Å². The maximum absolute atomic E-state index is 12.7. The number of nitrogens with two attached hydrogens (primary N) is 1. The maximum Gasteiger partial charge on any atom is 0.416 e. The molecular weight excluding hydrogens is 366 g/mol. The van der Waals surface area contributed by atoms with Crippen LogP contribution in [0.25, 0.3) is 0 Å². The summed E-state index contributed by atoms with van der Waals surface area (Å²) in [6.45, 7) is -0.377. The van der Waals surface area contributed by atoms with Crippen molar-refractivity contribution in [3.63, 3.8) is 0 Å². The van der Waals surface area contributed by atoms with Crippen LogP contribution in [0.4, 0.5) is 18.0 Å². The molecule has 0 aliphatic rings. The Morgan fingerprint density at radius 3 is 2.48 bits per heavy atom. The molecule has 0 radical (unpaired) electrons. The molecular formula is C13H17F3N3O5P. The van der Waals surface area contributed by atoms with E-state index in [-0.39, 0.29) is 24.2 Å². The van der Waals surface area contributed by atoms with Gasteiger partial charge in [0, 0.05) is 14.2 Å². The monoisotopic (exact) mass is 383 g/mol. The quantitative estimate of drug-likeness (QED) is 0.407. The molecule has 0 heterocycles. The summed E-state index contributed by atoms with van der Waals surface area (Å²) in [6, 6.07) is 3.18. The summed E-state index contributed by atoms with van der Waals surface area (Å²) >= 11 is 0. The van der Waals surface area contributed by atoms with Crippen molar-refractivity contribution in [2.45, 2.75) is 6.18 Å². The third kappa shape index (κ3) is 7.12. The fourth-order valence-electron chi connectivity index (χ4n) is 1.60. The summed E-state index contributed by atoms with van der Waals surface area (Å²) in [5, 5.41) is 3.60. The number of carbonyl (C=O) groups excluding carboxylic acids is 1. The Bertz CT molecular complexity index is 673. The predicted molar refractivity (Wildman–Crippen MR) is 83.6 cm³/mol. The zero-order valence-corrected chi connectivity index (χ0v) is 14.3. The molecule has 8 nitrogen and oxygen atoms in total. The van der Waals surface area contributed by atoms with Gasteiger partial charge >= 0.3 is 19.8 Å². The van der Waals surface area contributed by atoms with Crippen molar-refractivity contribution in [1.82, 2.24) is 5.43 Å². The zero-order valence-electron chi connectivity index (χ0n) is 13.4. The number of amides is 2. The van der Waals surface area contributed by atoms with Crippen LogP contribution in [-0.4, -0.2) is 38.7 Å². The Kier molecular flexibility index (Phi) is 7.40. The highest BCUT2D eigenvalue weighted by molar-refractivity contribution is 7.54. The normalized spacial score (nSPS) is 12.8. The van der Waals surface area contributed by atoms with Crippen molar-refractivity contribution < 1.29 is 36.3 Å². The van der Waals surface area contributed by atoms with Gasteiger partial charge in [-0.3, -0.25) is 4.57 Å². The Morgan fingerprint density at radius 2 is 1.96 bits per heavy atom. The van der Waals surface area contributed by atoms with Crippen molar-refractivity contribution in [3.8, 4) is 5.75 Å². The lowest BCUT2D eigenvalue weighted by Gasteiger charge is -2.16. The first kappa shape index (κ1) is 20.9. The van der Waals surface area contributed by atoms with Gasteiger partial charge in [0.05, 0.1) is 17.4 Å². The van der Waals surface area contributed by atoms with Crippen LogP contribution in [0.5, 0.6) is 5.75 Å². The third-order valence-electron chi connectivity index (χ3n) is 2.82. The number of urea groups is 1. The fourth-order valence-corrected chi connectivity index (χ4v) is 2.62. The Labute approximate surface area is 141 Å². The van der Waals surface area contributed by atoms with Crippen LogP contribution < -0.4 is 15.9 Å². The van der Waals surface area contributed by atoms with Crippen LogP contribution in [-0.2, 0) is 19.8 Å². The van der Waals surface area contributed by atoms with Gasteiger partial charge in [0.25, 0.3) is 0 Å². The van der Waals surface area contributed by atoms with E-state index in [9.17, 15) is 22.5 Å². The number of carbonyl (C=O) groups is 1. The number of hydrogen-bond acceptors (Lipinski definition) is 6. The SMILES string of the molecule is COP(=O)(C/C(COc1cccc(C(F)(F)F)c1)=N/NC(N)=O)OC. The Hall–Kier alpha value is -2.10. The van der Waals surface area contributed by atoms with Crippen LogP contribution in [0.1, 0.15) is 5.56 Å². The number of hydrogen-bond donors (Lipinski definition) is 2. The minimum atomic E-state index is -4.52. The van der Waals surface area contributed by atoms with Crippen LogP contribution in [0.3, 0.4) is 0 Å². The van der Waals surface area contributed by atoms with Crippen LogP contribution >= 0.6 is 7.60 Å². The molecule has 0 saturated carbocycles. The van der Waals surface area contributed by atoms with Crippen molar-refractivity contribution in [2.75, 3.05) is 27.0 Å². The lowest BCUT2D eigenvalue weighted by atomic mass is 10.2. The molecule has 2 amide bonds. The molecule has 1 rings (SSSR count). The molecule has 0 aromatic heterocycles. The van der Waals surface area contributed by atoms with Gasteiger partial charge < -0.3 is 19.5 Å². The molecule has 0 saturated heterocycles. The molecule has 25 heavy (non-hydrogen) atoms. The van der Waals surface area contributed by atoms with Gasteiger partial charge in [-0.15, -0.1) is 0 Å². The second-order valence-corrected chi connectivity index (χ2v) is 6.87. The first-order chi connectivity index (χ1) is 11.6. The minimum Gasteiger partial charge on any atom is -0.488 e.